The molecule has 0 unspecified atom stereocenters. The van der Waals surface area contributed by atoms with Gasteiger partial charge in [0, 0.05) is 48.0 Å². The number of fused-ring (bicyclic) bond motifs is 2. The van der Waals surface area contributed by atoms with Gasteiger partial charge >= 0.3 is 0 Å². The predicted octanol–water partition coefficient (Wildman–Crippen LogP) is 7.47. The average molecular weight is 733 g/mol. The monoisotopic (exact) mass is 732 g/mol. The Hall–Kier alpha value is -6.04. The molecular formula is C40H35F3N8O3. The van der Waals surface area contributed by atoms with Crippen molar-refractivity contribution in [2.75, 3.05) is 25.0 Å². The van der Waals surface area contributed by atoms with Crippen LogP contribution < -0.4 is 10.1 Å². The van der Waals surface area contributed by atoms with Crippen molar-refractivity contribution in [1.82, 2.24) is 29.6 Å². The third kappa shape index (κ3) is 7.15. The van der Waals surface area contributed by atoms with E-state index in [2.05, 4.69) is 36.0 Å². The minimum Gasteiger partial charge on any atom is -0.473 e. The number of aromatic amines is 1. The molecule has 1 fully saturated rings. The van der Waals surface area contributed by atoms with E-state index in [0.717, 1.165) is 54.1 Å². The highest BCUT2D eigenvalue weighted by atomic mass is 19.3. The number of hydrogen-bond donors (Lipinski definition) is 2. The van der Waals surface area contributed by atoms with Gasteiger partial charge in [-0.1, -0.05) is 18.2 Å². The predicted molar refractivity (Wildman–Crippen MR) is 195 cm³/mol. The van der Waals surface area contributed by atoms with Crippen LogP contribution in [0.2, 0.25) is 0 Å². The minimum absolute atomic E-state index is 0.00606. The van der Waals surface area contributed by atoms with Gasteiger partial charge in [-0.3, -0.25) is 14.8 Å². The smallest absolute Gasteiger partial charge is 0.282 e. The first-order chi connectivity index (χ1) is 26.2. The fraction of sp³-hybridized carbons (Fsp3) is 0.275. The quantitative estimate of drug-likeness (QED) is 0.140. The first-order valence-corrected chi connectivity index (χ1v) is 17.6. The van der Waals surface area contributed by atoms with E-state index >= 15 is 0 Å². The number of imidazole rings is 1. The number of carbonyl (C=O) groups excluding carboxylic acids is 1. The number of nitrogens with zero attached hydrogens (tertiary/aromatic N) is 6. The van der Waals surface area contributed by atoms with Crippen LogP contribution in [0.5, 0.6) is 5.88 Å². The molecule has 6 aromatic rings. The van der Waals surface area contributed by atoms with Gasteiger partial charge in [-0.15, -0.1) is 0 Å². The van der Waals surface area contributed by atoms with Crippen LogP contribution in [0.1, 0.15) is 63.5 Å². The van der Waals surface area contributed by atoms with E-state index < -0.39 is 18.1 Å². The second-order valence-electron chi connectivity index (χ2n) is 13.5. The Bertz CT molecular complexity index is 2460. The van der Waals surface area contributed by atoms with Gasteiger partial charge in [-0.2, -0.15) is 10.4 Å². The number of carbonyl (C=O) groups is 1. The topological polar surface area (TPSA) is 134 Å². The van der Waals surface area contributed by atoms with E-state index in [4.69, 9.17) is 19.7 Å². The summed E-state index contributed by atoms with van der Waals surface area (Å²) in [5.74, 6) is 0.346. The summed E-state index contributed by atoms with van der Waals surface area (Å²) in [5, 5.41) is 18.5. The summed E-state index contributed by atoms with van der Waals surface area (Å²) in [4.78, 5) is 25.3. The van der Waals surface area contributed by atoms with Gasteiger partial charge in [0.15, 0.2) is 0 Å². The number of aryl methyl sites for hydroxylation is 1. The number of ether oxygens (including phenoxy) is 2. The van der Waals surface area contributed by atoms with Crippen molar-refractivity contribution in [3.63, 3.8) is 0 Å². The zero-order valence-corrected chi connectivity index (χ0v) is 29.3. The molecule has 54 heavy (non-hydrogen) atoms. The van der Waals surface area contributed by atoms with E-state index in [1.165, 1.54) is 12.1 Å². The molecule has 3 aromatic heterocycles. The van der Waals surface area contributed by atoms with Crippen LogP contribution in [0, 0.1) is 24.1 Å². The first-order valence-electron chi connectivity index (χ1n) is 17.6. The molecule has 0 radical (unpaired) electrons. The summed E-state index contributed by atoms with van der Waals surface area (Å²) >= 11 is 0. The number of aromatic nitrogens is 5. The molecule has 5 heterocycles. The number of hydrogen-bond acceptors (Lipinski definition) is 8. The Balaban J connectivity index is 0.966. The summed E-state index contributed by atoms with van der Waals surface area (Å²) in [7, 11) is 0. The second kappa shape index (κ2) is 14.8. The Morgan fingerprint density at radius 2 is 2.02 bits per heavy atom. The van der Waals surface area contributed by atoms with Gasteiger partial charge in [0.25, 0.3) is 12.3 Å². The summed E-state index contributed by atoms with van der Waals surface area (Å²) < 4.78 is 55.2. The zero-order valence-electron chi connectivity index (χ0n) is 29.3. The molecule has 2 aliphatic rings. The van der Waals surface area contributed by atoms with Gasteiger partial charge < -0.3 is 19.4 Å². The van der Waals surface area contributed by atoms with Crippen LogP contribution >= 0.6 is 0 Å². The van der Waals surface area contributed by atoms with Gasteiger partial charge in [-0.25, -0.2) is 23.1 Å². The molecule has 8 rings (SSSR count). The third-order valence-electron chi connectivity index (χ3n) is 9.90. The maximum atomic E-state index is 14.4. The fourth-order valence-corrected chi connectivity index (χ4v) is 6.88. The number of pyridine rings is 1. The molecule has 0 saturated carbocycles. The second-order valence-corrected chi connectivity index (χ2v) is 13.5. The molecule has 1 saturated heterocycles. The molecule has 0 spiro atoms. The summed E-state index contributed by atoms with van der Waals surface area (Å²) in [5.41, 5.74) is 5.64. The molecule has 2 aliphatic heterocycles. The molecule has 11 nitrogen and oxygen atoms in total. The molecule has 2 N–H and O–H groups in total. The van der Waals surface area contributed by atoms with Gasteiger partial charge in [0.2, 0.25) is 5.88 Å². The highest BCUT2D eigenvalue weighted by molar-refractivity contribution is 6.07. The van der Waals surface area contributed by atoms with E-state index in [1.54, 1.807) is 31.2 Å². The van der Waals surface area contributed by atoms with Gasteiger partial charge in [-0.05, 0) is 79.4 Å². The molecule has 1 amide bonds. The Kier molecular flexibility index (Phi) is 9.57. The molecule has 274 valence electrons. The van der Waals surface area contributed by atoms with Crippen molar-refractivity contribution >= 4 is 39.1 Å². The molecular weight excluding hydrogens is 697 g/mol. The van der Waals surface area contributed by atoms with Crippen molar-refractivity contribution in [3.05, 3.63) is 118 Å². The lowest BCUT2D eigenvalue weighted by Crippen LogP contribution is -2.33. The molecule has 14 heteroatoms. The Labute approximate surface area is 308 Å². The number of benzene rings is 3. The number of alkyl halides is 2. The Morgan fingerprint density at radius 1 is 1.15 bits per heavy atom. The minimum atomic E-state index is -2.77. The highest BCUT2D eigenvalue weighted by Gasteiger charge is 2.24. The standard InChI is InChI=1S/C40H35F3N8O3/c1-23-15-27(17-30-37(23)48-49-38(30)39(42)43)40(52)45-28-7-8-34-33(18-28)46-35(51(34)20-29-11-14-53-29)21-50-12-9-25(10-13-50)32-3-2-4-36(47-32)54-22-26-6-5-24(19-44)16-31(26)41/h2-9,15-18,29,39H,10-14,20-22H2,1H3,(H,45,52)(H,48,49)/t29-/m0/s1. The largest absolute Gasteiger partial charge is 0.473 e. The van der Waals surface area contributed by atoms with E-state index in [0.29, 0.717) is 47.8 Å². The van der Waals surface area contributed by atoms with Crippen LogP contribution in [0.15, 0.2) is 72.8 Å². The van der Waals surface area contributed by atoms with Crippen molar-refractivity contribution in [2.24, 2.45) is 0 Å². The fourth-order valence-electron chi connectivity index (χ4n) is 6.88. The van der Waals surface area contributed by atoms with Crippen LogP contribution in [0.25, 0.3) is 27.5 Å². The van der Waals surface area contributed by atoms with Crippen LogP contribution in [0.3, 0.4) is 0 Å². The average Bonchev–Trinajstić information content (AvgIpc) is 3.74. The Morgan fingerprint density at radius 3 is 2.76 bits per heavy atom. The van der Waals surface area contributed by atoms with Crippen molar-refractivity contribution in [3.8, 4) is 11.9 Å². The highest BCUT2D eigenvalue weighted by Crippen LogP contribution is 2.30. The number of nitrogens with one attached hydrogen (secondary N) is 2. The summed E-state index contributed by atoms with van der Waals surface area (Å²) in [6.07, 6.45) is 1.20. The normalized spacial score (nSPS) is 16.0. The van der Waals surface area contributed by atoms with Gasteiger partial charge in [0.05, 0.1) is 53.1 Å². The number of H-pyrrole nitrogens is 1. The van der Waals surface area contributed by atoms with Crippen molar-refractivity contribution in [2.45, 2.75) is 52.0 Å². The number of halogens is 3. The zero-order chi connectivity index (χ0) is 37.3. The number of nitriles is 1. The summed E-state index contributed by atoms with van der Waals surface area (Å²) in [6.45, 7) is 5.17. The lowest BCUT2D eigenvalue weighted by atomic mass is 10.0. The van der Waals surface area contributed by atoms with Gasteiger partial charge in [0.1, 0.15) is 23.9 Å². The van der Waals surface area contributed by atoms with E-state index in [-0.39, 0.29) is 34.9 Å². The first kappa shape index (κ1) is 35.0. The number of amides is 1. The molecule has 1 atom stereocenters. The van der Waals surface area contributed by atoms with Crippen molar-refractivity contribution in [1.29, 1.82) is 5.26 Å². The molecule has 3 aromatic carbocycles. The van der Waals surface area contributed by atoms with Crippen LogP contribution in [-0.2, 0) is 24.4 Å². The van der Waals surface area contributed by atoms with Crippen molar-refractivity contribution < 1.29 is 27.4 Å². The number of anilines is 1. The number of rotatable bonds is 11. The molecule has 0 aliphatic carbocycles. The van der Waals surface area contributed by atoms with Crippen LogP contribution in [-0.4, -0.2) is 61.3 Å². The van der Waals surface area contributed by atoms with Crippen LogP contribution in [0.4, 0.5) is 18.9 Å². The SMILES string of the molecule is Cc1cc(C(=O)Nc2ccc3c(c2)nc(CN2CC=C(c4cccc(OCc5ccc(C#N)cc5F)n4)CC2)n3C[C@@H]2CCO2)cc2c(C(F)F)n[nH]c12. The lowest BCUT2D eigenvalue weighted by molar-refractivity contribution is -0.0591. The lowest BCUT2D eigenvalue weighted by Gasteiger charge is -2.29. The maximum Gasteiger partial charge on any atom is 0.282 e. The maximum absolute atomic E-state index is 14.4. The summed E-state index contributed by atoms with van der Waals surface area (Å²) in [6, 6.07) is 20.4. The third-order valence-corrected chi connectivity index (χ3v) is 9.90. The van der Waals surface area contributed by atoms with E-state index in [9.17, 15) is 18.0 Å². The van der Waals surface area contributed by atoms with E-state index in [1.807, 2.05) is 36.4 Å². The molecule has 0 bridgehead atoms.